The second kappa shape index (κ2) is 11.4. The second-order valence-electron chi connectivity index (χ2n) is 18.5. The van der Waals surface area contributed by atoms with Crippen molar-refractivity contribution in [3.05, 3.63) is 174 Å². The molecule has 2 nitrogen and oxygen atoms in total. The smallest absolute Gasteiger partial charge is 0.143 e. The maximum atomic E-state index is 6.49. The first-order valence-electron chi connectivity index (χ1n) is 21.3. The molecular weight excluding hydrogens is 691 g/mol. The van der Waals surface area contributed by atoms with E-state index in [1.165, 1.54) is 76.9 Å². The minimum atomic E-state index is -0.0918. The van der Waals surface area contributed by atoms with E-state index in [0.717, 1.165) is 62.4 Å². The Morgan fingerprint density at radius 1 is 0.456 bits per heavy atom. The van der Waals surface area contributed by atoms with Crippen molar-refractivity contribution in [2.45, 2.75) is 56.8 Å². The Balaban J connectivity index is 0.981. The fraction of sp³-hybridized carbons (Fsp3) is 0.236. The van der Waals surface area contributed by atoms with Gasteiger partial charge in [-0.3, -0.25) is 0 Å². The number of fused-ring (bicyclic) bond motifs is 9. The number of hydrogen-bond donors (Lipinski definition) is 0. The predicted molar refractivity (Wildman–Crippen MR) is 235 cm³/mol. The lowest BCUT2D eigenvalue weighted by Crippen LogP contribution is -2.55. The lowest BCUT2D eigenvalue weighted by Gasteiger charge is -2.61. The number of rotatable bonds is 4. The van der Waals surface area contributed by atoms with Gasteiger partial charge < -0.3 is 9.32 Å². The van der Waals surface area contributed by atoms with Crippen LogP contribution in [0.3, 0.4) is 0 Å². The molecule has 0 atom stereocenters. The van der Waals surface area contributed by atoms with Crippen LogP contribution in [0.1, 0.15) is 68.2 Å². The third-order valence-corrected chi connectivity index (χ3v) is 15.5. The highest BCUT2D eigenvalue weighted by Crippen LogP contribution is 2.69. The van der Waals surface area contributed by atoms with Gasteiger partial charge in [-0.15, -0.1) is 0 Å². The van der Waals surface area contributed by atoms with Gasteiger partial charge in [-0.25, -0.2) is 0 Å². The van der Waals surface area contributed by atoms with Crippen molar-refractivity contribution in [2.24, 2.45) is 23.7 Å². The SMILES string of the molecule is CC1(C)c2ccccc2-c2ccc(N(c3ccc(-c4cccc5c4oc4ccccc45)cc3)c3ccc4c(c3)-c3ccccc3C43C4CC5CC(C4)CC3C5)cc21. The summed E-state index contributed by atoms with van der Waals surface area (Å²) in [5, 5.41) is 2.32. The summed E-state index contributed by atoms with van der Waals surface area (Å²) in [4.78, 5) is 2.51. The van der Waals surface area contributed by atoms with E-state index in [4.69, 9.17) is 4.42 Å². The molecule has 0 amide bonds. The molecule has 0 N–H and O–H groups in total. The molecule has 1 spiro atoms. The zero-order valence-electron chi connectivity index (χ0n) is 32.6. The molecule has 4 fully saturated rings. The molecule has 0 radical (unpaired) electrons. The molecule has 6 aliphatic carbocycles. The molecule has 57 heavy (non-hydrogen) atoms. The van der Waals surface area contributed by atoms with Gasteiger partial charge >= 0.3 is 0 Å². The highest BCUT2D eigenvalue weighted by atomic mass is 16.3. The summed E-state index contributed by atoms with van der Waals surface area (Å²) in [7, 11) is 0. The van der Waals surface area contributed by atoms with Crippen LogP contribution in [0, 0.1) is 23.7 Å². The number of nitrogens with zero attached hydrogens (tertiary/aromatic N) is 1. The maximum absolute atomic E-state index is 6.49. The van der Waals surface area contributed by atoms with E-state index in [1.54, 1.807) is 11.1 Å². The Hall–Kier alpha value is -5.86. The second-order valence-corrected chi connectivity index (χ2v) is 18.5. The number of hydrogen-bond acceptors (Lipinski definition) is 2. The monoisotopic (exact) mass is 735 g/mol. The largest absolute Gasteiger partial charge is 0.455 e. The fourth-order valence-corrected chi connectivity index (χ4v) is 13.3. The van der Waals surface area contributed by atoms with E-state index in [9.17, 15) is 0 Å². The summed E-state index contributed by atoms with van der Waals surface area (Å²) in [5.41, 5.74) is 19.4. The Kier molecular flexibility index (Phi) is 6.44. The molecule has 14 rings (SSSR count). The van der Waals surface area contributed by atoms with Crippen molar-refractivity contribution in [2.75, 3.05) is 4.90 Å². The van der Waals surface area contributed by atoms with Crippen LogP contribution in [0.25, 0.3) is 55.3 Å². The molecule has 4 saturated carbocycles. The fourth-order valence-electron chi connectivity index (χ4n) is 13.3. The third-order valence-electron chi connectivity index (χ3n) is 15.5. The highest BCUT2D eigenvalue weighted by molar-refractivity contribution is 6.09. The zero-order valence-corrected chi connectivity index (χ0v) is 32.6. The summed E-state index contributed by atoms with van der Waals surface area (Å²) >= 11 is 0. The summed E-state index contributed by atoms with van der Waals surface area (Å²) < 4.78 is 6.49. The van der Waals surface area contributed by atoms with Gasteiger partial charge in [0.05, 0.1) is 0 Å². The van der Waals surface area contributed by atoms with E-state index >= 15 is 0 Å². The van der Waals surface area contributed by atoms with Gasteiger partial charge in [0.25, 0.3) is 0 Å². The molecule has 1 heterocycles. The van der Waals surface area contributed by atoms with Crippen LogP contribution in [-0.2, 0) is 10.8 Å². The van der Waals surface area contributed by atoms with Gasteiger partial charge in [0.2, 0.25) is 0 Å². The van der Waals surface area contributed by atoms with E-state index in [-0.39, 0.29) is 10.8 Å². The Morgan fingerprint density at radius 2 is 1.04 bits per heavy atom. The normalized spacial score (nSPS) is 24.2. The highest BCUT2D eigenvalue weighted by Gasteiger charge is 2.61. The molecule has 7 aromatic carbocycles. The van der Waals surface area contributed by atoms with Crippen LogP contribution in [0.2, 0.25) is 0 Å². The minimum absolute atomic E-state index is 0.0918. The molecule has 2 heteroatoms. The van der Waals surface area contributed by atoms with Crippen LogP contribution in [0.4, 0.5) is 17.1 Å². The number of para-hydroxylation sites is 2. The first kappa shape index (κ1) is 32.2. The van der Waals surface area contributed by atoms with Crippen LogP contribution in [0.5, 0.6) is 0 Å². The molecule has 0 saturated heterocycles. The van der Waals surface area contributed by atoms with Gasteiger partial charge in [-0.2, -0.15) is 0 Å². The van der Waals surface area contributed by atoms with Crippen LogP contribution >= 0.6 is 0 Å². The zero-order chi connectivity index (χ0) is 37.6. The molecule has 4 bridgehead atoms. The van der Waals surface area contributed by atoms with Gasteiger partial charge in [0.1, 0.15) is 11.2 Å². The van der Waals surface area contributed by atoms with Crippen molar-refractivity contribution < 1.29 is 4.42 Å². The van der Waals surface area contributed by atoms with E-state index < -0.39 is 0 Å². The summed E-state index contributed by atoms with van der Waals surface area (Å²) in [6, 6.07) is 57.3. The van der Waals surface area contributed by atoms with Gasteiger partial charge in [0, 0.05) is 44.2 Å². The van der Waals surface area contributed by atoms with E-state index in [2.05, 4.69) is 164 Å². The van der Waals surface area contributed by atoms with Crippen LogP contribution in [0.15, 0.2) is 156 Å². The van der Waals surface area contributed by atoms with Crippen LogP contribution in [-0.4, -0.2) is 0 Å². The first-order valence-corrected chi connectivity index (χ1v) is 21.3. The lowest BCUT2D eigenvalue weighted by molar-refractivity contribution is -0.0399. The van der Waals surface area contributed by atoms with Crippen molar-refractivity contribution in [1.29, 1.82) is 0 Å². The van der Waals surface area contributed by atoms with E-state index in [0.29, 0.717) is 0 Å². The Labute approximate surface area is 334 Å². The van der Waals surface area contributed by atoms with Gasteiger partial charge in [0.15, 0.2) is 0 Å². The van der Waals surface area contributed by atoms with Gasteiger partial charge in [-0.05, 0) is 148 Å². The molecule has 1 aromatic heterocycles. The molecular formula is C55H45NO. The summed E-state index contributed by atoms with van der Waals surface area (Å²) in [5.74, 6) is 3.37. The molecule has 0 unspecified atom stereocenters. The molecule has 6 aliphatic rings. The number of furan rings is 1. The standard InChI is InChI=1S/C55H45NO/c1-54(2)48-15-6-3-10-42(48)44-24-22-40(32-51(44)54)56(38-20-18-35(19-21-38)41-13-9-14-46-45-12-5-8-17-52(45)57-53(41)46)39-23-25-50-47(31-39)43-11-4-7-16-49(43)55(50)36-27-33-26-34(29-36)30-37(55)28-33/h3-25,31-34,36-37H,26-30H2,1-2H3. The molecule has 0 aliphatic heterocycles. The van der Waals surface area contributed by atoms with Crippen molar-refractivity contribution in [3.63, 3.8) is 0 Å². The lowest BCUT2D eigenvalue weighted by atomic mass is 9.43. The average molecular weight is 736 g/mol. The summed E-state index contributed by atoms with van der Waals surface area (Å²) in [6.07, 6.45) is 7.07. The minimum Gasteiger partial charge on any atom is -0.455 e. The molecule has 276 valence electrons. The van der Waals surface area contributed by atoms with Crippen molar-refractivity contribution >= 4 is 39.0 Å². The van der Waals surface area contributed by atoms with Gasteiger partial charge in [-0.1, -0.05) is 123 Å². The average Bonchev–Trinajstić information content (AvgIpc) is 3.84. The number of benzene rings is 7. The van der Waals surface area contributed by atoms with E-state index in [1.807, 2.05) is 6.07 Å². The predicted octanol–water partition coefficient (Wildman–Crippen LogP) is 14.8. The number of anilines is 3. The quantitative estimate of drug-likeness (QED) is 0.179. The maximum Gasteiger partial charge on any atom is 0.143 e. The van der Waals surface area contributed by atoms with Crippen LogP contribution < -0.4 is 4.90 Å². The Morgan fingerprint density at radius 3 is 1.82 bits per heavy atom. The summed E-state index contributed by atoms with van der Waals surface area (Å²) in [6.45, 7) is 4.77. The Bertz CT molecular complexity index is 2930. The van der Waals surface area contributed by atoms with Crippen molar-refractivity contribution in [3.8, 4) is 33.4 Å². The van der Waals surface area contributed by atoms with Crippen molar-refractivity contribution in [1.82, 2.24) is 0 Å². The third kappa shape index (κ3) is 4.26. The molecule has 8 aromatic rings. The first-order chi connectivity index (χ1) is 28.0. The topological polar surface area (TPSA) is 16.4 Å².